The first-order valence-corrected chi connectivity index (χ1v) is 11.4. The van der Waals surface area contributed by atoms with Crippen LogP contribution in [0.5, 0.6) is 0 Å². The summed E-state index contributed by atoms with van der Waals surface area (Å²) in [4.78, 5) is 34.1. The number of aromatic nitrogens is 1. The molecule has 0 N–H and O–H groups in total. The van der Waals surface area contributed by atoms with Crippen LogP contribution >= 0.6 is 11.3 Å². The molecule has 3 heterocycles. The van der Waals surface area contributed by atoms with Crippen LogP contribution in [0.4, 0.5) is 5.13 Å². The molecule has 0 aliphatic carbocycles. The Kier molecular flexibility index (Phi) is 6.04. The molecule has 0 spiro atoms. The molecule has 2 fully saturated rings. The molecule has 6 nitrogen and oxygen atoms in total. The summed E-state index contributed by atoms with van der Waals surface area (Å²) in [6, 6.07) is 6.34. The fourth-order valence-corrected chi connectivity index (χ4v) is 5.46. The summed E-state index contributed by atoms with van der Waals surface area (Å²) in [6.07, 6.45) is 3.35. The number of nitrogens with zero attached hydrogens (tertiary/aromatic N) is 3. The lowest BCUT2D eigenvalue weighted by atomic mass is 9.93. The molecular formula is C22H29N3O3S. The van der Waals surface area contributed by atoms with E-state index in [9.17, 15) is 9.59 Å². The van der Waals surface area contributed by atoms with Crippen molar-refractivity contribution >= 4 is 38.6 Å². The predicted molar refractivity (Wildman–Crippen MR) is 115 cm³/mol. The monoisotopic (exact) mass is 415 g/mol. The fourth-order valence-electron chi connectivity index (χ4n) is 4.36. The second-order valence-corrected chi connectivity index (χ2v) is 9.11. The van der Waals surface area contributed by atoms with Crippen molar-refractivity contribution < 1.29 is 14.3 Å². The molecule has 1 atom stereocenters. The van der Waals surface area contributed by atoms with Gasteiger partial charge in [0.1, 0.15) is 0 Å². The molecular weight excluding hydrogens is 386 g/mol. The van der Waals surface area contributed by atoms with E-state index in [0.29, 0.717) is 32.5 Å². The Bertz CT molecular complexity index is 889. The number of fused-ring (bicyclic) bond motifs is 1. The largest absolute Gasteiger partial charge is 0.466 e. The molecule has 0 saturated carbocycles. The summed E-state index contributed by atoms with van der Waals surface area (Å²) in [5, 5.41) is 1.02. The Morgan fingerprint density at radius 2 is 1.97 bits per heavy atom. The molecule has 0 bridgehead atoms. The Hall–Kier alpha value is -2.15. The summed E-state index contributed by atoms with van der Waals surface area (Å²) in [5.41, 5.74) is 2.27. The summed E-state index contributed by atoms with van der Waals surface area (Å²) in [6.45, 7) is 7.33. The van der Waals surface area contributed by atoms with Crippen molar-refractivity contribution in [3.8, 4) is 0 Å². The van der Waals surface area contributed by atoms with E-state index in [2.05, 4.69) is 30.0 Å². The number of rotatable bonds is 4. The Balaban J connectivity index is 1.38. The smallest absolute Gasteiger partial charge is 0.309 e. The van der Waals surface area contributed by atoms with Gasteiger partial charge >= 0.3 is 5.97 Å². The maximum Gasteiger partial charge on any atom is 0.309 e. The van der Waals surface area contributed by atoms with E-state index in [1.165, 1.54) is 10.3 Å². The molecule has 2 aliphatic rings. The fraction of sp³-hybridized carbons (Fsp3) is 0.591. The minimum atomic E-state index is -0.116. The number of hydrogen-bond donors (Lipinski definition) is 0. The van der Waals surface area contributed by atoms with Gasteiger partial charge in [0.25, 0.3) is 0 Å². The summed E-state index contributed by atoms with van der Waals surface area (Å²) >= 11 is 1.71. The number of aryl methyl sites for hydroxylation is 1. The number of benzene rings is 1. The van der Waals surface area contributed by atoms with Gasteiger partial charge in [0.05, 0.1) is 28.7 Å². The number of thiazole rings is 1. The van der Waals surface area contributed by atoms with Crippen molar-refractivity contribution in [3.63, 3.8) is 0 Å². The second kappa shape index (κ2) is 8.69. The van der Waals surface area contributed by atoms with Gasteiger partial charge in [0, 0.05) is 26.2 Å². The third-order valence-electron chi connectivity index (χ3n) is 6.00. The van der Waals surface area contributed by atoms with E-state index in [1.807, 2.05) is 11.8 Å². The molecule has 1 aromatic carbocycles. The second-order valence-electron chi connectivity index (χ2n) is 8.10. The quantitative estimate of drug-likeness (QED) is 0.714. The molecule has 1 unspecified atom stereocenters. The van der Waals surface area contributed by atoms with Crippen LogP contribution < -0.4 is 4.90 Å². The first-order valence-electron chi connectivity index (χ1n) is 10.6. The number of anilines is 1. The van der Waals surface area contributed by atoms with Crippen LogP contribution in [-0.4, -0.2) is 54.5 Å². The van der Waals surface area contributed by atoms with E-state index in [0.717, 1.165) is 36.6 Å². The van der Waals surface area contributed by atoms with Gasteiger partial charge in [-0.15, -0.1) is 0 Å². The number of hydrogen-bond acceptors (Lipinski definition) is 6. The highest BCUT2D eigenvalue weighted by Gasteiger charge is 2.34. The van der Waals surface area contributed by atoms with Crippen LogP contribution in [0.3, 0.4) is 0 Å². The molecule has 2 aliphatic heterocycles. The minimum absolute atomic E-state index is 0.0108. The zero-order valence-electron chi connectivity index (χ0n) is 17.2. The van der Waals surface area contributed by atoms with Crippen molar-refractivity contribution in [2.75, 3.05) is 37.7 Å². The maximum absolute atomic E-state index is 13.1. The highest BCUT2D eigenvalue weighted by Crippen LogP contribution is 2.33. The molecule has 1 aromatic heterocycles. The van der Waals surface area contributed by atoms with Gasteiger partial charge in [0.15, 0.2) is 5.13 Å². The number of ether oxygens (including phenoxy) is 1. The van der Waals surface area contributed by atoms with Crippen LogP contribution in [0.1, 0.15) is 38.2 Å². The van der Waals surface area contributed by atoms with E-state index in [-0.39, 0.29) is 23.7 Å². The van der Waals surface area contributed by atoms with Crippen LogP contribution in [0.25, 0.3) is 10.2 Å². The van der Waals surface area contributed by atoms with Crippen LogP contribution in [-0.2, 0) is 14.3 Å². The van der Waals surface area contributed by atoms with Crippen LogP contribution in [0, 0.1) is 18.8 Å². The van der Waals surface area contributed by atoms with E-state index in [4.69, 9.17) is 9.72 Å². The first kappa shape index (κ1) is 20.1. The van der Waals surface area contributed by atoms with Gasteiger partial charge in [-0.25, -0.2) is 4.98 Å². The average molecular weight is 416 g/mol. The van der Waals surface area contributed by atoms with Gasteiger partial charge in [-0.3, -0.25) is 9.59 Å². The molecule has 2 aromatic rings. The first-order chi connectivity index (χ1) is 14.0. The lowest BCUT2D eigenvalue weighted by Gasteiger charge is -2.37. The van der Waals surface area contributed by atoms with Gasteiger partial charge in [0.2, 0.25) is 5.91 Å². The number of carbonyl (C=O) groups excluding carboxylic acids is 2. The number of carbonyl (C=O) groups is 2. The molecule has 7 heteroatoms. The molecule has 2 saturated heterocycles. The number of likely N-dealkylation sites (tertiary alicyclic amines) is 1. The van der Waals surface area contributed by atoms with Gasteiger partial charge < -0.3 is 14.5 Å². The maximum atomic E-state index is 13.1. The number of esters is 1. The number of piperidine rings is 2. The normalized spacial score (nSPS) is 20.8. The van der Waals surface area contributed by atoms with Gasteiger partial charge in [-0.05, 0) is 57.2 Å². The topological polar surface area (TPSA) is 62.7 Å². The standard InChI is InChI=1S/C22H29N3O3S/c1-3-28-21(27)16-8-11-24(12-9-16)20(26)17-5-4-10-25(14-17)22-23-18-7-6-15(2)13-19(18)29-22/h6-7,13,16-17H,3-5,8-12,14H2,1-2H3. The molecule has 4 rings (SSSR count). The zero-order chi connectivity index (χ0) is 20.4. The Morgan fingerprint density at radius 3 is 2.72 bits per heavy atom. The number of amides is 1. The van der Waals surface area contributed by atoms with Crippen molar-refractivity contribution in [1.29, 1.82) is 0 Å². The summed E-state index contributed by atoms with van der Waals surface area (Å²) in [7, 11) is 0. The van der Waals surface area contributed by atoms with E-state index < -0.39 is 0 Å². The van der Waals surface area contributed by atoms with Gasteiger partial charge in [-0.1, -0.05) is 17.4 Å². The van der Waals surface area contributed by atoms with Crippen molar-refractivity contribution in [2.45, 2.75) is 39.5 Å². The molecule has 29 heavy (non-hydrogen) atoms. The lowest BCUT2D eigenvalue weighted by Crippen LogP contribution is -2.48. The molecule has 0 radical (unpaired) electrons. The highest BCUT2D eigenvalue weighted by molar-refractivity contribution is 7.22. The summed E-state index contributed by atoms with van der Waals surface area (Å²) < 4.78 is 6.34. The van der Waals surface area contributed by atoms with Crippen molar-refractivity contribution in [3.05, 3.63) is 23.8 Å². The van der Waals surface area contributed by atoms with Crippen molar-refractivity contribution in [2.24, 2.45) is 11.8 Å². The minimum Gasteiger partial charge on any atom is -0.466 e. The Labute approximate surface area is 175 Å². The molecule has 156 valence electrons. The third kappa shape index (κ3) is 4.39. The lowest BCUT2D eigenvalue weighted by molar-refractivity contribution is -0.151. The van der Waals surface area contributed by atoms with Crippen LogP contribution in [0.2, 0.25) is 0 Å². The third-order valence-corrected chi connectivity index (χ3v) is 7.08. The summed E-state index contributed by atoms with van der Waals surface area (Å²) in [5.74, 6) is 0.0631. The van der Waals surface area contributed by atoms with Crippen LogP contribution in [0.15, 0.2) is 18.2 Å². The van der Waals surface area contributed by atoms with Crippen molar-refractivity contribution in [1.82, 2.24) is 9.88 Å². The van der Waals surface area contributed by atoms with E-state index >= 15 is 0 Å². The van der Waals surface area contributed by atoms with Gasteiger partial charge in [-0.2, -0.15) is 0 Å². The Morgan fingerprint density at radius 1 is 1.17 bits per heavy atom. The highest BCUT2D eigenvalue weighted by atomic mass is 32.1. The SMILES string of the molecule is CCOC(=O)C1CCN(C(=O)C2CCCN(c3nc4ccc(C)cc4s3)C2)CC1. The predicted octanol–water partition coefficient (Wildman–Crippen LogP) is 3.62. The zero-order valence-corrected chi connectivity index (χ0v) is 18.0. The molecule has 1 amide bonds. The van der Waals surface area contributed by atoms with E-state index in [1.54, 1.807) is 11.3 Å². The average Bonchev–Trinajstić information content (AvgIpc) is 3.17.